The monoisotopic (exact) mass is 661 g/mol. The number of carbonyl (C=O) groups excluding carboxylic acids is 5. The molecule has 10 nitrogen and oxygen atoms in total. The van der Waals surface area contributed by atoms with E-state index in [0.29, 0.717) is 18.4 Å². The van der Waals surface area contributed by atoms with Crippen molar-refractivity contribution in [3.63, 3.8) is 0 Å². The number of hydrogen-bond donors (Lipinski definition) is 4. The summed E-state index contributed by atoms with van der Waals surface area (Å²) in [5.41, 5.74) is 5.92. The first-order valence-electron chi connectivity index (χ1n) is 16.8. The van der Waals surface area contributed by atoms with Crippen molar-refractivity contribution in [2.75, 3.05) is 6.54 Å². The molecule has 5 rings (SSSR count). The zero-order valence-corrected chi connectivity index (χ0v) is 28.2. The van der Waals surface area contributed by atoms with Crippen LogP contribution < -0.4 is 16.0 Å². The molecule has 3 aromatic carbocycles. The lowest BCUT2D eigenvalue weighted by Crippen LogP contribution is -2.57. The molecule has 10 heteroatoms. The zero-order chi connectivity index (χ0) is 34.9. The smallest absolute Gasteiger partial charge is 0.318 e. The lowest BCUT2D eigenvalue weighted by atomic mass is 10.0. The third kappa shape index (κ3) is 8.32. The summed E-state index contributed by atoms with van der Waals surface area (Å²) in [7, 11) is 0. The number of nitrogens with zero attached hydrogens (tertiary/aromatic N) is 1. The number of para-hydroxylation sites is 1. The van der Waals surface area contributed by atoms with Gasteiger partial charge in [0.1, 0.15) is 12.1 Å². The predicted molar refractivity (Wildman–Crippen MR) is 189 cm³/mol. The number of benzene rings is 3. The number of aromatic nitrogens is 1. The maximum atomic E-state index is 14.3. The summed E-state index contributed by atoms with van der Waals surface area (Å²) < 4.78 is 0. The number of H-pyrrole nitrogens is 1. The van der Waals surface area contributed by atoms with Crippen molar-refractivity contribution < 1.29 is 24.0 Å². The SMILES string of the molecule is CCCCCN(C(=O)C(=O)NCc1ccccc1)C(=O)[C@H](Cc1c[nH]c2ccccc12)NC(=O)[C@H](C)NC(=O)C1=C(C)c2ccccc2C1. The molecule has 4 aromatic rings. The van der Waals surface area contributed by atoms with Crippen LogP contribution in [-0.4, -0.2) is 58.0 Å². The second kappa shape index (κ2) is 16.1. The average molecular weight is 662 g/mol. The van der Waals surface area contributed by atoms with Crippen molar-refractivity contribution in [3.05, 3.63) is 113 Å². The second-order valence-corrected chi connectivity index (χ2v) is 12.4. The molecule has 5 amide bonds. The number of hydrogen-bond acceptors (Lipinski definition) is 5. The van der Waals surface area contributed by atoms with Gasteiger partial charge in [0.05, 0.1) is 0 Å². The molecule has 1 aromatic heterocycles. The van der Waals surface area contributed by atoms with Gasteiger partial charge in [0, 0.05) is 48.6 Å². The summed E-state index contributed by atoms with van der Waals surface area (Å²) in [6.45, 7) is 5.58. The zero-order valence-electron chi connectivity index (χ0n) is 28.2. The Kier molecular flexibility index (Phi) is 11.4. The molecule has 0 radical (unpaired) electrons. The number of aromatic amines is 1. The van der Waals surface area contributed by atoms with Gasteiger partial charge < -0.3 is 20.9 Å². The molecule has 1 aliphatic carbocycles. The van der Waals surface area contributed by atoms with Gasteiger partial charge in [0.2, 0.25) is 11.8 Å². The van der Waals surface area contributed by atoms with E-state index in [9.17, 15) is 24.0 Å². The van der Waals surface area contributed by atoms with Gasteiger partial charge >= 0.3 is 11.8 Å². The molecule has 1 aliphatic rings. The molecular weight excluding hydrogens is 618 g/mol. The van der Waals surface area contributed by atoms with Crippen LogP contribution in [0.4, 0.5) is 0 Å². The molecule has 0 saturated heterocycles. The fraction of sp³-hybridized carbons (Fsp3) is 0.308. The standard InChI is InChI=1S/C39H43N5O5/c1-4-5-13-20-44(39(49)37(47)41-23-27-14-7-6-8-15-27)38(48)34(22-29-24-40-33-19-12-11-18-31(29)33)43-35(45)26(3)42-36(46)32-21-28-16-9-10-17-30(28)25(32)2/h6-12,14-19,24,26,34,40H,4-5,13,20-23H2,1-3H3,(H,41,47)(H,42,46)(H,43,45)/t26-,34-/m0/s1. The quantitative estimate of drug-likeness (QED) is 0.123. The highest BCUT2D eigenvalue weighted by Crippen LogP contribution is 2.32. The number of allylic oxidation sites excluding steroid dienone is 1. The van der Waals surface area contributed by atoms with E-state index < -0.39 is 35.7 Å². The summed E-state index contributed by atoms with van der Waals surface area (Å²) >= 11 is 0. The van der Waals surface area contributed by atoms with Crippen LogP contribution in [-0.2, 0) is 43.4 Å². The molecule has 2 atom stereocenters. The van der Waals surface area contributed by atoms with Gasteiger partial charge in [-0.25, -0.2) is 0 Å². The summed E-state index contributed by atoms with van der Waals surface area (Å²) in [5, 5.41) is 9.09. The van der Waals surface area contributed by atoms with Crippen LogP contribution in [0.15, 0.2) is 90.6 Å². The summed E-state index contributed by atoms with van der Waals surface area (Å²) in [6, 6.07) is 22.3. The van der Waals surface area contributed by atoms with E-state index >= 15 is 0 Å². The maximum absolute atomic E-state index is 14.3. The first kappa shape index (κ1) is 34.8. The number of imide groups is 1. The van der Waals surface area contributed by atoms with Crippen molar-refractivity contribution in [3.8, 4) is 0 Å². The van der Waals surface area contributed by atoms with Crippen molar-refractivity contribution in [1.82, 2.24) is 25.8 Å². The fourth-order valence-corrected chi connectivity index (χ4v) is 6.14. The first-order valence-corrected chi connectivity index (χ1v) is 16.8. The van der Waals surface area contributed by atoms with E-state index in [1.165, 1.54) is 0 Å². The second-order valence-electron chi connectivity index (χ2n) is 12.4. The molecule has 1 heterocycles. The van der Waals surface area contributed by atoms with E-state index in [1.807, 2.05) is 92.7 Å². The van der Waals surface area contributed by atoms with E-state index in [0.717, 1.165) is 56.5 Å². The van der Waals surface area contributed by atoms with Crippen molar-refractivity contribution in [2.45, 2.75) is 71.5 Å². The van der Waals surface area contributed by atoms with Crippen LogP contribution >= 0.6 is 0 Å². The van der Waals surface area contributed by atoms with E-state index in [4.69, 9.17) is 0 Å². The maximum Gasteiger partial charge on any atom is 0.318 e. The Morgan fingerprint density at radius 3 is 2.35 bits per heavy atom. The summed E-state index contributed by atoms with van der Waals surface area (Å²) in [6.07, 6.45) is 4.36. The van der Waals surface area contributed by atoms with Gasteiger partial charge in [-0.2, -0.15) is 0 Å². The highest BCUT2D eigenvalue weighted by atomic mass is 16.2. The van der Waals surface area contributed by atoms with Crippen LogP contribution in [0.3, 0.4) is 0 Å². The number of rotatable bonds is 13. The van der Waals surface area contributed by atoms with Gasteiger partial charge in [0.15, 0.2) is 0 Å². The first-order chi connectivity index (χ1) is 23.7. The van der Waals surface area contributed by atoms with Crippen LogP contribution in [0.25, 0.3) is 16.5 Å². The van der Waals surface area contributed by atoms with Crippen LogP contribution in [0.5, 0.6) is 0 Å². The Bertz CT molecular complexity index is 1880. The minimum atomic E-state index is -1.20. The molecule has 0 unspecified atom stereocenters. The van der Waals surface area contributed by atoms with Crippen LogP contribution in [0, 0.1) is 0 Å². The third-order valence-corrected chi connectivity index (χ3v) is 8.96. The van der Waals surface area contributed by atoms with E-state index in [1.54, 1.807) is 13.1 Å². The number of unbranched alkanes of at least 4 members (excludes halogenated alkanes) is 2. The minimum absolute atomic E-state index is 0.0186. The highest BCUT2D eigenvalue weighted by molar-refractivity contribution is 6.37. The topological polar surface area (TPSA) is 140 Å². The Hall–Kier alpha value is -5.51. The molecule has 0 bridgehead atoms. The Labute approximate surface area is 286 Å². The number of fused-ring (bicyclic) bond motifs is 2. The average Bonchev–Trinajstić information content (AvgIpc) is 3.69. The van der Waals surface area contributed by atoms with E-state index in [-0.39, 0.29) is 25.4 Å². The number of carbonyl (C=O) groups is 5. The number of amides is 5. The molecule has 49 heavy (non-hydrogen) atoms. The predicted octanol–water partition coefficient (Wildman–Crippen LogP) is 4.59. The molecule has 0 spiro atoms. The molecule has 4 N–H and O–H groups in total. The van der Waals surface area contributed by atoms with Gasteiger partial charge in [0.25, 0.3) is 5.91 Å². The van der Waals surface area contributed by atoms with Gasteiger partial charge in [-0.05, 0) is 54.2 Å². The highest BCUT2D eigenvalue weighted by Gasteiger charge is 2.35. The fourth-order valence-electron chi connectivity index (χ4n) is 6.14. The Balaban J connectivity index is 1.36. The van der Waals surface area contributed by atoms with Crippen molar-refractivity contribution in [2.24, 2.45) is 0 Å². The largest absolute Gasteiger partial charge is 0.361 e. The lowest BCUT2D eigenvalue weighted by Gasteiger charge is -2.27. The van der Waals surface area contributed by atoms with Gasteiger partial charge in [-0.15, -0.1) is 0 Å². The Morgan fingerprint density at radius 2 is 1.59 bits per heavy atom. The lowest BCUT2D eigenvalue weighted by molar-refractivity contribution is -0.154. The normalized spacial score (nSPS) is 13.4. The van der Waals surface area contributed by atoms with Crippen LogP contribution in [0.1, 0.15) is 62.3 Å². The minimum Gasteiger partial charge on any atom is -0.361 e. The third-order valence-electron chi connectivity index (χ3n) is 8.96. The van der Waals surface area contributed by atoms with Crippen molar-refractivity contribution in [1.29, 1.82) is 0 Å². The summed E-state index contributed by atoms with van der Waals surface area (Å²) in [4.78, 5) is 72.1. The number of nitrogens with one attached hydrogen (secondary N) is 4. The Morgan fingerprint density at radius 1 is 0.878 bits per heavy atom. The van der Waals surface area contributed by atoms with Gasteiger partial charge in [-0.3, -0.25) is 28.9 Å². The summed E-state index contributed by atoms with van der Waals surface area (Å²) in [5.74, 6) is -3.54. The molecule has 254 valence electrons. The molecule has 0 fully saturated rings. The molecule has 0 saturated carbocycles. The molecular formula is C39H43N5O5. The molecule has 0 aliphatic heterocycles. The van der Waals surface area contributed by atoms with Crippen LogP contribution in [0.2, 0.25) is 0 Å². The van der Waals surface area contributed by atoms with Crippen molar-refractivity contribution >= 4 is 46.0 Å². The van der Waals surface area contributed by atoms with Gasteiger partial charge in [-0.1, -0.05) is 92.6 Å². The van der Waals surface area contributed by atoms with E-state index in [2.05, 4.69) is 20.9 Å².